The van der Waals surface area contributed by atoms with Crippen LogP contribution in [-0.2, 0) is 19.1 Å². The highest BCUT2D eigenvalue weighted by Gasteiger charge is 2.26. The van der Waals surface area contributed by atoms with E-state index >= 15 is 0 Å². The Bertz CT molecular complexity index is 505. The van der Waals surface area contributed by atoms with E-state index in [2.05, 4.69) is 9.97 Å². The summed E-state index contributed by atoms with van der Waals surface area (Å²) in [6.07, 6.45) is 4.91. The molecule has 1 N–H and O–H groups in total. The summed E-state index contributed by atoms with van der Waals surface area (Å²) in [6, 6.07) is 2.77. The Labute approximate surface area is 98.8 Å². The van der Waals surface area contributed by atoms with Gasteiger partial charge in [-0.3, -0.25) is 4.98 Å². The maximum absolute atomic E-state index is 12.8. The number of hydrogen-bond donors (Lipinski definition) is 1. The molecule has 4 nitrogen and oxygen atoms in total. The molecule has 2 rings (SSSR count). The molecular weight excluding hydrogens is 221 g/mol. The van der Waals surface area contributed by atoms with Gasteiger partial charge in [-0.1, -0.05) is 0 Å². The third-order valence-corrected chi connectivity index (χ3v) is 2.70. The molecule has 0 aromatic carbocycles. The molecule has 0 bridgehead atoms. The van der Waals surface area contributed by atoms with E-state index in [9.17, 15) is 9.50 Å². The summed E-state index contributed by atoms with van der Waals surface area (Å²) < 4.78 is 14.6. The number of hydrogen-bond acceptors (Lipinski definition) is 3. The van der Waals surface area contributed by atoms with E-state index in [4.69, 9.17) is 0 Å². The van der Waals surface area contributed by atoms with Gasteiger partial charge in [0.05, 0.1) is 11.9 Å². The van der Waals surface area contributed by atoms with Gasteiger partial charge < -0.3 is 9.67 Å². The maximum Gasteiger partial charge on any atom is 0.141 e. The van der Waals surface area contributed by atoms with Crippen molar-refractivity contribution in [2.24, 2.45) is 7.05 Å². The van der Waals surface area contributed by atoms with Crippen LogP contribution in [0.15, 0.2) is 30.7 Å². The Morgan fingerprint density at radius 3 is 2.71 bits per heavy atom. The summed E-state index contributed by atoms with van der Waals surface area (Å²) in [5, 5.41) is 10.3. The number of nitrogens with zero attached hydrogens (tertiary/aromatic N) is 3. The zero-order valence-electron chi connectivity index (χ0n) is 9.76. The van der Waals surface area contributed by atoms with Crippen molar-refractivity contribution in [3.63, 3.8) is 0 Å². The zero-order chi connectivity index (χ0) is 12.5. The number of halogens is 1. The Morgan fingerprint density at radius 1 is 1.41 bits per heavy atom. The van der Waals surface area contributed by atoms with Crippen molar-refractivity contribution in [1.82, 2.24) is 14.5 Å². The van der Waals surface area contributed by atoms with Crippen LogP contribution in [-0.4, -0.2) is 19.6 Å². The summed E-state index contributed by atoms with van der Waals surface area (Å²) in [4.78, 5) is 8.04. The van der Waals surface area contributed by atoms with Crippen LogP contribution in [0, 0.1) is 5.82 Å². The molecule has 2 aromatic rings. The summed E-state index contributed by atoms with van der Waals surface area (Å²) in [7, 11) is 1.86. The van der Waals surface area contributed by atoms with Crippen molar-refractivity contribution < 1.29 is 9.50 Å². The fourth-order valence-corrected chi connectivity index (χ4v) is 1.66. The van der Waals surface area contributed by atoms with Crippen molar-refractivity contribution in [2.45, 2.75) is 18.9 Å². The van der Waals surface area contributed by atoms with Gasteiger partial charge in [0, 0.05) is 25.9 Å². The summed E-state index contributed by atoms with van der Waals surface area (Å²) in [6.45, 7) is 1.64. The Hall–Kier alpha value is -1.75. The molecule has 0 saturated carbocycles. The van der Waals surface area contributed by atoms with E-state index in [0.717, 1.165) is 12.0 Å². The second-order valence-electron chi connectivity index (χ2n) is 4.27. The number of aliphatic hydroxyl groups is 1. The van der Waals surface area contributed by atoms with Gasteiger partial charge >= 0.3 is 0 Å². The van der Waals surface area contributed by atoms with Crippen LogP contribution >= 0.6 is 0 Å². The standard InChI is InChI=1S/C12H14FN3O/c1-12(17,7-11-14-5-6-16(11)2)10-4-3-9(13)8-15-10/h3-6,8,17H,7H2,1-2H3. The molecule has 0 fully saturated rings. The topological polar surface area (TPSA) is 50.9 Å². The molecule has 0 amide bonds. The second kappa shape index (κ2) is 4.25. The van der Waals surface area contributed by atoms with E-state index < -0.39 is 11.4 Å². The normalized spacial score (nSPS) is 14.6. The first-order valence-corrected chi connectivity index (χ1v) is 5.30. The molecule has 2 aromatic heterocycles. The van der Waals surface area contributed by atoms with E-state index in [0.29, 0.717) is 12.1 Å². The van der Waals surface area contributed by atoms with Gasteiger partial charge in [-0.2, -0.15) is 0 Å². The van der Waals surface area contributed by atoms with E-state index in [1.165, 1.54) is 12.1 Å². The number of imidazole rings is 1. The highest BCUT2D eigenvalue weighted by molar-refractivity contribution is 5.15. The van der Waals surface area contributed by atoms with Crippen molar-refractivity contribution >= 4 is 0 Å². The average Bonchev–Trinajstić information content (AvgIpc) is 2.64. The van der Waals surface area contributed by atoms with Crippen molar-refractivity contribution in [1.29, 1.82) is 0 Å². The molecule has 0 spiro atoms. The van der Waals surface area contributed by atoms with Gasteiger partial charge in [-0.05, 0) is 19.1 Å². The van der Waals surface area contributed by atoms with Gasteiger partial charge in [-0.15, -0.1) is 0 Å². The fourth-order valence-electron chi connectivity index (χ4n) is 1.66. The fraction of sp³-hybridized carbons (Fsp3) is 0.333. The molecule has 0 radical (unpaired) electrons. The lowest BCUT2D eigenvalue weighted by Crippen LogP contribution is -2.27. The molecule has 0 aliphatic carbocycles. The number of rotatable bonds is 3. The number of pyridine rings is 1. The third kappa shape index (κ3) is 2.50. The second-order valence-corrected chi connectivity index (χ2v) is 4.27. The largest absolute Gasteiger partial charge is 0.383 e. The zero-order valence-corrected chi connectivity index (χ0v) is 9.76. The summed E-state index contributed by atoms with van der Waals surface area (Å²) in [5.41, 5.74) is -0.728. The SMILES string of the molecule is Cn1ccnc1CC(C)(O)c1ccc(F)cn1. The first-order chi connectivity index (χ1) is 7.99. The Kier molecular flexibility index (Phi) is 2.93. The van der Waals surface area contributed by atoms with Crippen molar-refractivity contribution in [3.8, 4) is 0 Å². The quantitative estimate of drug-likeness (QED) is 0.875. The minimum atomic E-state index is -1.16. The smallest absolute Gasteiger partial charge is 0.141 e. The predicted octanol–water partition coefficient (Wildman–Crippen LogP) is 1.40. The molecule has 1 unspecified atom stereocenters. The minimum absolute atomic E-state index is 0.329. The van der Waals surface area contributed by atoms with Gasteiger partial charge in [0.25, 0.3) is 0 Å². The average molecular weight is 235 g/mol. The van der Waals surface area contributed by atoms with Crippen LogP contribution in [0.5, 0.6) is 0 Å². The molecular formula is C12H14FN3O. The Morgan fingerprint density at radius 2 is 2.18 bits per heavy atom. The van der Waals surface area contributed by atoms with Gasteiger partial charge in [0.1, 0.15) is 17.2 Å². The summed E-state index contributed by atoms with van der Waals surface area (Å²) >= 11 is 0. The molecule has 2 heterocycles. The lowest BCUT2D eigenvalue weighted by molar-refractivity contribution is 0.0501. The monoisotopic (exact) mass is 235 g/mol. The van der Waals surface area contributed by atoms with Gasteiger partial charge in [-0.25, -0.2) is 9.37 Å². The molecule has 17 heavy (non-hydrogen) atoms. The third-order valence-electron chi connectivity index (χ3n) is 2.70. The molecule has 0 saturated heterocycles. The van der Waals surface area contributed by atoms with Crippen LogP contribution in [0.4, 0.5) is 4.39 Å². The van der Waals surface area contributed by atoms with Crippen LogP contribution < -0.4 is 0 Å². The first-order valence-electron chi connectivity index (χ1n) is 5.30. The van der Waals surface area contributed by atoms with Gasteiger partial charge in [0.15, 0.2) is 0 Å². The molecule has 5 heteroatoms. The van der Waals surface area contributed by atoms with E-state index in [1.807, 2.05) is 17.8 Å². The number of aryl methyl sites for hydroxylation is 1. The Balaban J connectivity index is 2.24. The molecule has 90 valence electrons. The van der Waals surface area contributed by atoms with Crippen LogP contribution in [0.3, 0.4) is 0 Å². The van der Waals surface area contributed by atoms with Crippen LogP contribution in [0.2, 0.25) is 0 Å². The van der Waals surface area contributed by atoms with Crippen LogP contribution in [0.25, 0.3) is 0 Å². The maximum atomic E-state index is 12.8. The predicted molar refractivity (Wildman–Crippen MR) is 60.7 cm³/mol. The van der Waals surface area contributed by atoms with Gasteiger partial charge in [0.2, 0.25) is 0 Å². The highest BCUT2D eigenvalue weighted by Crippen LogP contribution is 2.22. The lowest BCUT2D eigenvalue weighted by atomic mass is 9.97. The highest BCUT2D eigenvalue weighted by atomic mass is 19.1. The van der Waals surface area contributed by atoms with E-state index in [-0.39, 0.29) is 0 Å². The minimum Gasteiger partial charge on any atom is -0.383 e. The first kappa shape index (κ1) is 11.7. The number of aromatic nitrogens is 3. The molecule has 0 aliphatic rings. The lowest BCUT2D eigenvalue weighted by Gasteiger charge is -2.22. The summed E-state index contributed by atoms with van der Waals surface area (Å²) in [5.74, 6) is 0.336. The van der Waals surface area contributed by atoms with Crippen molar-refractivity contribution in [2.75, 3.05) is 0 Å². The van der Waals surface area contributed by atoms with Crippen LogP contribution in [0.1, 0.15) is 18.4 Å². The van der Waals surface area contributed by atoms with Crippen molar-refractivity contribution in [3.05, 3.63) is 48.1 Å². The molecule has 1 atom stereocenters. The van der Waals surface area contributed by atoms with E-state index in [1.54, 1.807) is 13.1 Å². The molecule has 0 aliphatic heterocycles.